The van der Waals surface area contributed by atoms with Crippen molar-refractivity contribution in [2.45, 2.75) is 45.2 Å². The van der Waals surface area contributed by atoms with Gasteiger partial charge >= 0.3 is 0 Å². The minimum atomic E-state index is -0.894. The van der Waals surface area contributed by atoms with Crippen molar-refractivity contribution in [2.75, 3.05) is 0 Å². The van der Waals surface area contributed by atoms with Gasteiger partial charge in [0.25, 0.3) is 5.69 Å². The third-order valence-corrected chi connectivity index (χ3v) is 3.64. The molecular formula is C14H21N3O3. The molecule has 1 aromatic carbocycles. The summed E-state index contributed by atoms with van der Waals surface area (Å²) in [5.74, 6) is -0.235. The third-order valence-electron chi connectivity index (χ3n) is 3.64. The Balaban J connectivity index is 2.86. The van der Waals surface area contributed by atoms with Gasteiger partial charge in [-0.05, 0) is 25.3 Å². The van der Waals surface area contributed by atoms with E-state index < -0.39 is 10.5 Å². The maximum atomic E-state index is 12.2. The zero-order chi connectivity index (χ0) is 15.3. The molecule has 1 aromatic rings. The lowest BCUT2D eigenvalue weighted by Gasteiger charge is -2.27. The first-order chi connectivity index (χ1) is 9.34. The molecule has 0 fully saturated rings. The van der Waals surface area contributed by atoms with Crippen LogP contribution < -0.4 is 11.1 Å². The van der Waals surface area contributed by atoms with Crippen molar-refractivity contribution in [1.29, 1.82) is 0 Å². The van der Waals surface area contributed by atoms with E-state index in [0.29, 0.717) is 18.4 Å². The van der Waals surface area contributed by atoms with Crippen molar-refractivity contribution in [2.24, 2.45) is 5.73 Å². The van der Waals surface area contributed by atoms with Gasteiger partial charge in [-0.3, -0.25) is 14.9 Å². The number of nitrogens with zero attached hydrogens (tertiary/aromatic N) is 1. The van der Waals surface area contributed by atoms with Crippen LogP contribution >= 0.6 is 0 Å². The lowest BCUT2D eigenvalue weighted by molar-refractivity contribution is -0.384. The molecule has 1 rings (SSSR count). The molecule has 0 aromatic heterocycles. The molecular weight excluding hydrogens is 258 g/mol. The van der Waals surface area contributed by atoms with Gasteiger partial charge < -0.3 is 11.1 Å². The van der Waals surface area contributed by atoms with Gasteiger partial charge in [-0.15, -0.1) is 0 Å². The molecule has 20 heavy (non-hydrogen) atoms. The second-order valence-electron chi connectivity index (χ2n) is 4.91. The Morgan fingerprint density at radius 3 is 2.55 bits per heavy atom. The fourth-order valence-corrected chi connectivity index (χ4v) is 1.90. The first-order valence-electron chi connectivity index (χ1n) is 6.68. The molecule has 0 heterocycles. The normalized spacial score (nSPS) is 12.8. The van der Waals surface area contributed by atoms with Crippen LogP contribution in [0.2, 0.25) is 0 Å². The highest BCUT2D eigenvalue weighted by atomic mass is 16.6. The number of nitro benzene ring substituents is 1. The number of nitrogens with one attached hydrogen (secondary N) is 1. The molecule has 110 valence electrons. The monoisotopic (exact) mass is 279 g/mol. The van der Waals surface area contributed by atoms with Crippen LogP contribution in [0.25, 0.3) is 0 Å². The molecule has 0 radical (unpaired) electrons. The maximum Gasteiger partial charge on any atom is 0.269 e. The zero-order valence-corrected chi connectivity index (χ0v) is 12.1. The molecule has 1 atom stereocenters. The number of carbonyl (C=O) groups is 1. The summed E-state index contributed by atoms with van der Waals surface area (Å²) in [4.78, 5) is 22.5. The predicted molar refractivity (Wildman–Crippen MR) is 77.2 cm³/mol. The Kier molecular flexibility index (Phi) is 5.21. The Hall–Kier alpha value is -1.95. The lowest BCUT2D eigenvalue weighted by Crippen LogP contribution is -2.53. The molecule has 0 aliphatic rings. The quantitative estimate of drug-likeness (QED) is 0.616. The van der Waals surface area contributed by atoms with E-state index in [9.17, 15) is 14.9 Å². The smallest absolute Gasteiger partial charge is 0.269 e. The standard InChI is InChI=1S/C14H21N3O3/c1-4-14(15,5-2)13(18)16-10(3)11-7-6-8-12(9-11)17(19)20/h6-10H,4-5,15H2,1-3H3,(H,16,18). The van der Waals surface area contributed by atoms with Crippen LogP contribution in [-0.2, 0) is 4.79 Å². The highest BCUT2D eigenvalue weighted by Gasteiger charge is 2.30. The average molecular weight is 279 g/mol. The Labute approximate surface area is 118 Å². The predicted octanol–water partition coefficient (Wildman–Crippen LogP) is 2.29. The minimum absolute atomic E-state index is 0.00796. The number of hydrogen-bond acceptors (Lipinski definition) is 4. The SMILES string of the molecule is CCC(N)(CC)C(=O)NC(C)c1cccc([N+](=O)[O-])c1. The number of nitro groups is 1. The summed E-state index contributed by atoms with van der Waals surface area (Å²) in [6, 6.07) is 5.90. The van der Waals surface area contributed by atoms with Gasteiger partial charge in [0.15, 0.2) is 0 Å². The summed E-state index contributed by atoms with van der Waals surface area (Å²) in [6.07, 6.45) is 1.08. The molecule has 6 heteroatoms. The molecule has 1 unspecified atom stereocenters. The topological polar surface area (TPSA) is 98.3 Å². The van der Waals surface area contributed by atoms with Crippen molar-refractivity contribution in [3.63, 3.8) is 0 Å². The van der Waals surface area contributed by atoms with Crippen molar-refractivity contribution < 1.29 is 9.72 Å². The van der Waals surface area contributed by atoms with E-state index in [1.165, 1.54) is 12.1 Å². The van der Waals surface area contributed by atoms with E-state index in [-0.39, 0.29) is 17.6 Å². The number of rotatable bonds is 6. The van der Waals surface area contributed by atoms with Gasteiger partial charge in [0.1, 0.15) is 0 Å². The molecule has 3 N–H and O–H groups in total. The first-order valence-corrected chi connectivity index (χ1v) is 6.68. The van der Waals surface area contributed by atoms with Crippen LogP contribution in [0.1, 0.15) is 45.2 Å². The summed E-state index contributed by atoms with van der Waals surface area (Å²) < 4.78 is 0. The minimum Gasteiger partial charge on any atom is -0.348 e. The molecule has 0 saturated carbocycles. The van der Waals surface area contributed by atoms with E-state index in [1.54, 1.807) is 19.1 Å². The molecule has 6 nitrogen and oxygen atoms in total. The van der Waals surface area contributed by atoms with Gasteiger partial charge in [0.2, 0.25) is 5.91 Å². The van der Waals surface area contributed by atoms with E-state index in [2.05, 4.69) is 5.32 Å². The van der Waals surface area contributed by atoms with E-state index >= 15 is 0 Å². The largest absolute Gasteiger partial charge is 0.348 e. The molecule has 0 aliphatic heterocycles. The van der Waals surface area contributed by atoms with Crippen molar-refractivity contribution in [3.8, 4) is 0 Å². The summed E-state index contributed by atoms with van der Waals surface area (Å²) in [5.41, 5.74) is 5.82. The summed E-state index contributed by atoms with van der Waals surface area (Å²) in [6.45, 7) is 5.50. The number of nitrogens with two attached hydrogens (primary N) is 1. The van der Waals surface area contributed by atoms with Gasteiger partial charge in [-0.25, -0.2) is 0 Å². The van der Waals surface area contributed by atoms with E-state index in [1.807, 2.05) is 13.8 Å². The summed E-state index contributed by atoms with van der Waals surface area (Å²) in [5, 5.41) is 13.6. The maximum absolute atomic E-state index is 12.2. The van der Waals surface area contributed by atoms with Gasteiger partial charge in [0, 0.05) is 12.1 Å². The second kappa shape index (κ2) is 6.47. The average Bonchev–Trinajstić information content (AvgIpc) is 2.46. The number of non-ortho nitro benzene ring substituents is 1. The molecule has 1 amide bonds. The van der Waals surface area contributed by atoms with Crippen LogP contribution in [0, 0.1) is 10.1 Å². The number of benzene rings is 1. The highest BCUT2D eigenvalue weighted by Crippen LogP contribution is 2.20. The van der Waals surface area contributed by atoms with E-state index in [0.717, 1.165) is 0 Å². The van der Waals surface area contributed by atoms with Crippen molar-refractivity contribution in [3.05, 3.63) is 39.9 Å². The van der Waals surface area contributed by atoms with E-state index in [4.69, 9.17) is 5.73 Å². The molecule has 0 spiro atoms. The van der Waals surface area contributed by atoms with Crippen LogP contribution in [-0.4, -0.2) is 16.4 Å². The summed E-state index contributed by atoms with van der Waals surface area (Å²) >= 11 is 0. The van der Waals surface area contributed by atoms with Crippen LogP contribution in [0.3, 0.4) is 0 Å². The van der Waals surface area contributed by atoms with Gasteiger partial charge in [0.05, 0.1) is 16.5 Å². The van der Waals surface area contributed by atoms with Gasteiger partial charge in [-0.2, -0.15) is 0 Å². The number of amides is 1. The molecule has 0 saturated heterocycles. The highest BCUT2D eigenvalue weighted by molar-refractivity contribution is 5.86. The third kappa shape index (κ3) is 3.54. The van der Waals surface area contributed by atoms with Crippen LogP contribution in [0.15, 0.2) is 24.3 Å². The zero-order valence-electron chi connectivity index (χ0n) is 12.1. The lowest BCUT2D eigenvalue weighted by atomic mass is 9.92. The molecule has 0 bridgehead atoms. The van der Waals surface area contributed by atoms with Crippen molar-refractivity contribution in [1.82, 2.24) is 5.32 Å². The summed E-state index contributed by atoms with van der Waals surface area (Å²) in [7, 11) is 0. The molecule has 0 aliphatic carbocycles. The Bertz CT molecular complexity index is 498. The Morgan fingerprint density at radius 2 is 2.05 bits per heavy atom. The first kappa shape index (κ1) is 16.1. The number of hydrogen-bond donors (Lipinski definition) is 2. The fourth-order valence-electron chi connectivity index (χ4n) is 1.90. The van der Waals surface area contributed by atoms with Crippen LogP contribution in [0.4, 0.5) is 5.69 Å². The van der Waals surface area contributed by atoms with Crippen molar-refractivity contribution >= 4 is 11.6 Å². The fraction of sp³-hybridized carbons (Fsp3) is 0.500. The Morgan fingerprint density at radius 1 is 1.45 bits per heavy atom. The second-order valence-corrected chi connectivity index (χ2v) is 4.91. The number of carbonyl (C=O) groups excluding carboxylic acids is 1. The van der Waals surface area contributed by atoms with Gasteiger partial charge in [-0.1, -0.05) is 26.0 Å². The van der Waals surface area contributed by atoms with Crippen LogP contribution in [0.5, 0.6) is 0 Å².